The average Bonchev–Trinajstić information content (AvgIpc) is 3.54. The Morgan fingerprint density at radius 2 is 0.820 bits per heavy atom. The van der Waals surface area contributed by atoms with Crippen LogP contribution in [0.5, 0.6) is 0 Å². The number of nitrogens with zero attached hydrogens (tertiary/aromatic N) is 2. The summed E-state index contributed by atoms with van der Waals surface area (Å²) in [5, 5.41) is 27.4. The van der Waals surface area contributed by atoms with Crippen molar-refractivity contribution in [3.05, 3.63) is 113 Å². The quantitative estimate of drug-likeness (QED) is 0.184. The van der Waals surface area contributed by atoms with Crippen molar-refractivity contribution < 1.29 is 10.0 Å². The van der Waals surface area contributed by atoms with E-state index in [9.17, 15) is 10.0 Å². The zero-order valence-corrected chi connectivity index (χ0v) is 31.6. The molecule has 0 radical (unpaired) electrons. The van der Waals surface area contributed by atoms with Gasteiger partial charge in [-0.1, -0.05) is 106 Å². The maximum absolute atomic E-state index is 11.4. The van der Waals surface area contributed by atoms with E-state index in [-0.39, 0.29) is 16.2 Å². The third-order valence-electron chi connectivity index (χ3n) is 10.6. The van der Waals surface area contributed by atoms with Gasteiger partial charge in [0.15, 0.2) is 0 Å². The van der Waals surface area contributed by atoms with E-state index < -0.39 is 7.12 Å². The monoisotopic (exact) mass is 662 g/mol. The van der Waals surface area contributed by atoms with E-state index in [0.717, 1.165) is 44.2 Å². The fourth-order valence-corrected chi connectivity index (χ4v) is 7.54. The molecule has 0 bridgehead atoms. The molecule has 0 unspecified atom stereocenters. The normalized spacial score (nSPS) is 13.1. The highest BCUT2D eigenvalue weighted by Gasteiger charge is 2.28. The van der Waals surface area contributed by atoms with Crippen molar-refractivity contribution in [2.75, 3.05) is 0 Å². The van der Waals surface area contributed by atoms with Crippen molar-refractivity contribution >= 4 is 56.2 Å². The van der Waals surface area contributed by atoms with Crippen molar-refractivity contribution in [3.8, 4) is 11.4 Å². The molecule has 0 amide bonds. The molecule has 0 aliphatic heterocycles. The molecular formula is C45H51BN2O2. The van der Waals surface area contributed by atoms with Crippen molar-refractivity contribution in [1.29, 1.82) is 0 Å². The Hall–Kier alpha value is -4.32. The second-order valence-electron chi connectivity index (χ2n) is 17.6. The molecule has 0 saturated heterocycles. The molecule has 2 N–H and O–H groups in total. The molecule has 50 heavy (non-hydrogen) atoms. The van der Waals surface area contributed by atoms with Crippen LogP contribution >= 0.6 is 0 Å². The molecule has 7 rings (SSSR count). The van der Waals surface area contributed by atoms with E-state index in [1.165, 1.54) is 33.0 Å². The van der Waals surface area contributed by atoms with Gasteiger partial charge in [-0.05, 0) is 105 Å². The first-order chi connectivity index (χ1) is 23.4. The molecule has 0 saturated carbocycles. The Morgan fingerprint density at radius 1 is 0.480 bits per heavy atom. The number of aromatic nitrogens is 2. The standard InChI is InChI=1S/C45H51BN2O2/c1-27(2)28-15-19-36-32(23-28)33-24-29(43(3,4)5)16-20-37(33)47(36)40-13-12-14-41(42(40)46(49)50)48-38-21-17-30(44(6,7)8)25-34(38)35-26-31(45(9,10)11)18-22-39(35)48/h12-27,49-50H,1-11H3. The van der Waals surface area contributed by atoms with Crippen LogP contribution in [0.25, 0.3) is 55.0 Å². The molecule has 0 aliphatic rings. The van der Waals surface area contributed by atoms with Gasteiger partial charge < -0.3 is 19.2 Å². The third-order valence-corrected chi connectivity index (χ3v) is 10.6. The second-order valence-corrected chi connectivity index (χ2v) is 17.6. The summed E-state index contributed by atoms with van der Waals surface area (Å²) in [7, 11) is -1.72. The van der Waals surface area contributed by atoms with E-state index in [1.54, 1.807) is 0 Å². The Morgan fingerprint density at radius 3 is 1.14 bits per heavy atom. The summed E-state index contributed by atoms with van der Waals surface area (Å²) in [6, 6.07) is 33.0. The lowest BCUT2D eigenvalue weighted by Gasteiger charge is -2.21. The number of fused-ring (bicyclic) bond motifs is 6. The average molecular weight is 663 g/mol. The maximum Gasteiger partial charge on any atom is 0.492 e. The fraction of sp³-hybridized carbons (Fsp3) is 0.333. The molecule has 5 aromatic carbocycles. The number of rotatable bonds is 4. The van der Waals surface area contributed by atoms with Crippen LogP contribution in [0.2, 0.25) is 0 Å². The van der Waals surface area contributed by atoms with Crippen molar-refractivity contribution in [2.24, 2.45) is 0 Å². The van der Waals surface area contributed by atoms with Gasteiger partial charge in [0.05, 0.1) is 22.1 Å². The summed E-state index contributed by atoms with van der Waals surface area (Å²) in [6.45, 7) is 24.7. The number of hydrogen-bond donors (Lipinski definition) is 2. The zero-order valence-electron chi connectivity index (χ0n) is 31.6. The van der Waals surface area contributed by atoms with Gasteiger partial charge in [-0.25, -0.2) is 0 Å². The topological polar surface area (TPSA) is 50.3 Å². The van der Waals surface area contributed by atoms with E-state index >= 15 is 0 Å². The van der Waals surface area contributed by atoms with Crippen LogP contribution < -0.4 is 5.46 Å². The van der Waals surface area contributed by atoms with Crippen LogP contribution in [0.1, 0.15) is 104 Å². The van der Waals surface area contributed by atoms with Crippen molar-refractivity contribution in [3.63, 3.8) is 0 Å². The largest absolute Gasteiger partial charge is 0.492 e. The van der Waals surface area contributed by atoms with Gasteiger partial charge in [-0.15, -0.1) is 0 Å². The van der Waals surface area contributed by atoms with Crippen molar-refractivity contribution in [1.82, 2.24) is 9.13 Å². The summed E-state index contributed by atoms with van der Waals surface area (Å²) in [6.07, 6.45) is 0. The number of benzene rings is 5. The smallest absolute Gasteiger partial charge is 0.423 e. The van der Waals surface area contributed by atoms with Crippen LogP contribution in [-0.4, -0.2) is 26.3 Å². The molecule has 7 aromatic rings. The maximum atomic E-state index is 11.4. The van der Waals surface area contributed by atoms with Gasteiger partial charge in [-0.3, -0.25) is 0 Å². The van der Waals surface area contributed by atoms with E-state index in [1.807, 2.05) is 18.2 Å². The zero-order chi connectivity index (χ0) is 36.1. The summed E-state index contributed by atoms with van der Waals surface area (Å²) in [5.74, 6) is 0.384. The first kappa shape index (κ1) is 34.1. The van der Waals surface area contributed by atoms with Gasteiger partial charge >= 0.3 is 7.12 Å². The molecule has 2 heterocycles. The van der Waals surface area contributed by atoms with Gasteiger partial charge in [0.2, 0.25) is 0 Å². The SMILES string of the molecule is CC(C)c1ccc2c(c1)c1cc(C(C)(C)C)ccc1n2-c1cccc(-n2c3ccc(C(C)(C)C)cc3c3cc(C(C)(C)C)ccc32)c1B(O)O. The van der Waals surface area contributed by atoms with Crippen LogP contribution in [0, 0.1) is 0 Å². The third kappa shape index (κ3) is 5.56. The Bertz CT molecular complexity index is 2370. The second kappa shape index (κ2) is 11.6. The molecule has 2 aromatic heterocycles. The highest BCUT2D eigenvalue weighted by Crippen LogP contribution is 2.40. The van der Waals surface area contributed by atoms with Crippen LogP contribution in [0.15, 0.2) is 91.0 Å². The Balaban J connectivity index is 1.59. The summed E-state index contributed by atoms with van der Waals surface area (Å²) in [4.78, 5) is 0. The number of hydrogen-bond acceptors (Lipinski definition) is 2. The molecule has 5 heteroatoms. The molecule has 4 nitrogen and oxygen atoms in total. The minimum atomic E-state index is -1.72. The highest BCUT2D eigenvalue weighted by atomic mass is 16.4. The summed E-state index contributed by atoms with van der Waals surface area (Å²) >= 11 is 0. The molecule has 0 atom stereocenters. The minimum absolute atomic E-state index is 0.0130. The molecule has 256 valence electrons. The van der Waals surface area contributed by atoms with Gasteiger partial charge in [-0.2, -0.15) is 0 Å². The predicted octanol–water partition coefficient (Wildman–Crippen LogP) is 10.6. The fourth-order valence-electron chi connectivity index (χ4n) is 7.54. The van der Waals surface area contributed by atoms with Crippen LogP contribution in [-0.2, 0) is 16.2 Å². The first-order valence-electron chi connectivity index (χ1n) is 18.0. The van der Waals surface area contributed by atoms with Crippen LogP contribution in [0.4, 0.5) is 0 Å². The lowest BCUT2D eigenvalue weighted by molar-refractivity contribution is 0.425. The summed E-state index contributed by atoms with van der Waals surface area (Å²) < 4.78 is 4.45. The van der Waals surface area contributed by atoms with Gasteiger partial charge in [0, 0.05) is 38.4 Å². The molecule has 0 aliphatic carbocycles. The lowest BCUT2D eigenvalue weighted by Crippen LogP contribution is -2.36. The van der Waals surface area contributed by atoms with Gasteiger partial charge in [0.1, 0.15) is 0 Å². The van der Waals surface area contributed by atoms with Crippen molar-refractivity contribution in [2.45, 2.75) is 98.3 Å². The Labute approximate surface area is 297 Å². The first-order valence-corrected chi connectivity index (χ1v) is 18.0. The van der Waals surface area contributed by atoms with Crippen LogP contribution in [0.3, 0.4) is 0 Å². The predicted molar refractivity (Wildman–Crippen MR) is 215 cm³/mol. The molecule has 0 fully saturated rings. The van der Waals surface area contributed by atoms with E-state index in [4.69, 9.17) is 0 Å². The Kier molecular flexibility index (Phi) is 7.93. The van der Waals surface area contributed by atoms with E-state index in [2.05, 4.69) is 158 Å². The van der Waals surface area contributed by atoms with E-state index in [0.29, 0.717) is 11.4 Å². The lowest BCUT2D eigenvalue weighted by atomic mass is 9.77. The minimum Gasteiger partial charge on any atom is -0.423 e. The van der Waals surface area contributed by atoms with Gasteiger partial charge in [0.25, 0.3) is 0 Å². The molecule has 0 spiro atoms. The summed E-state index contributed by atoms with van der Waals surface area (Å²) in [5.41, 5.74) is 11.2. The molecular weight excluding hydrogens is 611 g/mol. The highest BCUT2D eigenvalue weighted by molar-refractivity contribution is 6.61.